The second kappa shape index (κ2) is 5.40. The van der Waals surface area contributed by atoms with Gasteiger partial charge >= 0.3 is 5.97 Å². The fourth-order valence-corrected chi connectivity index (χ4v) is 7.48. The molecule has 4 nitrogen and oxygen atoms in total. The molecule has 5 aliphatic carbocycles. The van der Waals surface area contributed by atoms with Gasteiger partial charge in [0.05, 0.1) is 12.5 Å². The van der Waals surface area contributed by atoms with Crippen LogP contribution in [0.5, 0.6) is 0 Å². The maximum atomic E-state index is 12.4. The van der Waals surface area contributed by atoms with Gasteiger partial charge in [0, 0.05) is 25.2 Å². The standard InChI is InChI=1S/C21H30O4/c1-13(22)25-12-19(2)6-4-7-20(3)17(19)5-8-21-10-15(23)14(9-18(20)21)16(24)11-21/h14,17-18H,4-12H2,1-3H3/t14?,17-,18+,19+,20-,21?/m1/s1. The third kappa shape index (κ3) is 2.35. The Kier molecular flexibility index (Phi) is 3.73. The lowest BCUT2D eigenvalue weighted by atomic mass is 9.37. The molecule has 0 aromatic rings. The fourth-order valence-electron chi connectivity index (χ4n) is 7.48. The summed E-state index contributed by atoms with van der Waals surface area (Å²) < 4.78 is 5.46. The first-order chi connectivity index (χ1) is 11.7. The maximum absolute atomic E-state index is 12.4. The lowest BCUT2D eigenvalue weighted by molar-refractivity contribution is -0.195. The van der Waals surface area contributed by atoms with Crippen molar-refractivity contribution >= 4 is 17.5 Å². The summed E-state index contributed by atoms with van der Waals surface area (Å²) in [7, 11) is 0. The predicted octanol–water partition coefficient (Wildman–Crippen LogP) is 3.71. The third-order valence-corrected chi connectivity index (χ3v) is 8.47. The van der Waals surface area contributed by atoms with Crippen LogP contribution in [-0.4, -0.2) is 24.1 Å². The highest BCUT2D eigenvalue weighted by atomic mass is 16.5. The van der Waals surface area contributed by atoms with Gasteiger partial charge in [-0.3, -0.25) is 14.4 Å². The number of ketones is 2. The van der Waals surface area contributed by atoms with Crippen molar-refractivity contribution in [2.75, 3.05) is 6.61 Å². The number of carbonyl (C=O) groups excluding carboxylic acids is 3. The van der Waals surface area contributed by atoms with Crippen LogP contribution in [0.15, 0.2) is 0 Å². The minimum absolute atomic E-state index is 0.0188. The number of ether oxygens (including phenoxy) is 1. The summed E-state index contributed by atoms with van der Waals surface area (Å²) in [4.78, 5) is 36.2. The van der Waals surface area contributed by atoms with Crippen molar-refractivity contribution in [2.24, 2.45) is 34.0 Å². The number of Topliss-reactive ketones (excluding diaryl/α,β-unsaturated/α-hetero) is 2. The SMILES string of the molecule is CC(=O)OC[C@]1(C)CCC[C@@]2(C)[C@@H]3CC4C(=O)CC3(CC[C@H]12)CC4=O. The van der Waals surface area contributed by atoms with Crippen LogP contribution in [0.2, 0.25) is 0 Å². The average molecular weight is 346 g/mol. The molecular formula is C21H30O4. The monoisotopic (exact) mass is 346 g/mol. The number of hydrogen-bond acceptors (Lipinski definition) is 4. The molecule has 0 aliphatic heterocycles. The molecule has 0 amide bonds. The lowest BCUT2D eigenvalue weighted by Crippen LogP contribution is -2.63. The summed E-state index contributed by atoms with van der Waals surface area (Å²) in [6.07, 6.45) is 7.47. The quantitative estimate of drug-likeness (QED) is 0.565. The van der Waals surface area contributed by atoms with Crippen LogP contribution < -0.4 is 0 Å². The van der Waals surface area contributed by atoms with E-state index in [0.29, 0.717) is 31.3 Å². The van der Waals surface area contributed by atoms with E-state index in [1.165, 1.54) is 13.3 Å². The highest BCUT2D eigenvalue weighted by Gasteiger charge is 2.66. The zero-order chi connectivity index (χ0) is 18.0. The van der Waals surface area contributed by atoms with Crippen LogP contribution in [0.4, 0.5) is 0 Å². The van der Waals surface area contributed by atoms with Gasteiger partial charge in [0.2, 0.25) is 0 Å². The van der Waals surface area contributed by atoms with E-state index in [2.05, 4.69) is 13.8 Å². The minimum atomic E-state index is -0.330. The van der Waals surface area contributed by atoms with Gasteiger partial charge in [-0.15, -0.1) is 0 Å². The van der Waals surface area contributed by atoms with Crippen LogP contribution in [0.1, 0.15) is 72.1 Å². The molecule has 5 rings (SSSR count). The molecule has 5 saturated carbocycles. The fraction of sp³-hybridized carbons (Fsp3) is 0.857. The van der Waals surface area contributed by atoms with Crippen LogP contribution >= 0.6 is 0 Å². The number of hydrogen-bond donors (Lipinski definition) is 0. The number of fused-ring (bicyclic) bond motifs is 3. The first kappa shape index (κ1) is 17.2. The largest absolute Gasteiger partial charge is 0.465 e. The first-order valence-electron chi connectivity index (χ1n) is 9.89. The molecule has 0 N–H and O–H groups in total. The van der Waals surface area contributed by atoms with E-state index in [9.17, 15) is 14.4 Å². The topological polar surface area (TPSA) is 60.4 Å². The van der Waals surface area contributed by atoms with Gasteiger partial charge in [-0.05, 0) is 54.8 Å². The van der Waals surface area contributed by atoms with E-state index in [0.717, 1.165) is 32.1 Å². The Balaban J connectivity index is 1.67. The summed E-state index contributed by atoms with van der Waals surface area (Å²) in [6.45, 7) is 6.68. The molecule has 0 heterocycles. The summed E-state index contributed by atoms with van der Waals surface area (Å²) >= 11 is 0. The van der Waals surface area contributed by atoms with Crippen molar-refractivity contribution in [3.05, 3.63) is 0 Å². The summed E-state index contributed by atoms with van der Waals surface area (Å²) in [5, 5.41) is 0. The second-order valence-corrected chi connectivity index (χ2v) is 9.87. The van der Waals surface area contributed by atoms with Crippen LogP contribution in [0.25, 0.3) is 0 Å². The molecule has 0 aromatic carbocycles. The van der Waals surface area contributed by atoms with Gasteiger partial charge in [0.25, 0.3) is 0 Å². The average Bonchev–Trinajstić information content (AvgIpc) is 2.52. The Hall–Kier alpha value is -1.19. The van der Waals surface area contributed by atoms with Crippen molar-refractivity contribution in [2.45, 2.75) is 72.1 Å². The normalized spacial score (nSPS) is 48.7. The minimum Gasteiger partial charge on any atom is -0.465 e. The van der Waals surface area contributed by atoms with E-state index < -0.39 is 0 Å². The van der Waals surface area contributed by atoms with E-state index >= 15 is 0 Å². The molecule has 5 fully saturated rings. The Morgan fingerprint density at radius 3 is 2.40 bits per heavy atom. The zero-order valence-corrected chi connectivity index (χ0v) is 15.7. The highest BCUT2D eigenvalue weighted by Crippen LogP contribution is 2.70. The van der Waals surface area contributed by atoms with Gasteiger partial charge in [0.15, 0.2) is 0 Å². The molecule has 0 unspecified atom stereocenters. The summed E-state index contributed by atoms with van der Waals surface area (Å²) in [5.74, 6) is 0.850. The number of esters is 1. The zero-order valence-electron chi connectivity index (χ0n) is 15.7. The Morgan fingerprint density at radius 1 is 1.08 bits per heavy atom. The summed E-state index contributed by atoms with van der Waals surface area (Å²) in [6, 6.07) is 0. The Bertz CT molecular complexity index is 620. The smallest absolute Gasteiger partial charge is 0.302 e. The van der Waals surface area contributed by atoms with Crippen molar-refractivity contribution in [1.29, 1.82) is 0 Å². The van der Waals surface area contributed by atoms with Crippen molar-refractivity contribution in [3.8, 4) is 0 Å². The van der Waals surface area contributed by atoms with Gasteiger partial charge in [-0.2, -0.15) is 0 Å². The molecule has 138 valence electrons. The van der Waals surface area contributed by atoms with Crippen molar-refractivity contribution in [3.63, 3.8) is 0 Å². The molecular weight excluding hydrogens is 316 g/mol. The van der Waals surface area contributed by atoms with E-state index in [1.807, 2.05) is 0 Å². The van der Waals surface area contributed by atoms with E-state index in [1.54, 1.807) is 0 Å². The predicted molar refractivity (Wildman–Crippen MR) is 92.7 cm³/mol. The highest BCUT2D eigenvalue weighted by molar-refractivity contribution is 6.06. The number of carbonyl (C=O) groups is 3. The van der Waals surface area contributed by atoms with Gasteiger partial charge in [0.1, 0.15) is 11.6 Å². The van der Waals surface area contributed by atoms with Gasteiger partial charge < -0.3 is 4.74 Å². The van der Waals surface area contributed by atoms with Crippen LogP contribution in [0.3, 0.4) is 0 Å². The van der Waals surface area contributed by atoms with Gasteiger partial charge in [-0.25, -0.2) is 0 Å². The molecule has 4 atom stereocenters. The molecule has 5 aliphatic rings. The molecule has 4 heteroatoms. The molecule has 0 radical (unpaired) electrons. The molecule has 1 spiro atoms. The molecule has 2 bridgehead atoms. The van der Waals surface area contributed by atoms with Crippen molar-refractivity contribution < 1.29 is 19.1 Å². The van der Waals surface area contributed by atoms with Crippen LogP contribution in [-0.2, 0) is 19.1 Å². The van der Waals surface area contributed by atoms with Crippen LogP contribution in [0, 0.1) is 34.0 Å². The van der Waals surface area contributed by atoms with Gasteiger partial charge in [-0.1, -0.05) is 20.3 Å². The van der Waals surface area contributed by atoms with Crippen molar-refractivity contribution in [1.82, 2.24) is 0 Å². The summed E-state index contributed by atoms with van der Waals surface area (Å²) in [5.41, 5.74) is 0.101. The van der Waals surface area contributed by atoms with E-state index in [-0.39, 0.29) is 39.7 Å². The maximum Gasteiger partial charge on any atom is 0.302 e. The first-order valence-corrected chi connectivity index (χ1v) is 9.89. The lowest BCUT2D eigenvalue weighted by Gasteiger charge is -2.66. The second-order valence-electron chi connectivity index (χ2n) is 9.87. The Labute approximate surface area is 150 Å². The number of rotatable bonds is 2. The molecule has 0 saturated heterocycles. The Morgan fingerprint density at radius 2 is 1.76 bits per heavy atom. The third-order valence-electron chi connectivity index (χ3n) is 8.47. The molecule has 25 heavy (non-hydrogen) atoms. The molecule has 0 aromatic heterocycles. The van der Waals surface area contributed by atoms with E-state index in [4.69, 9.17) is 4.74 Å².